The standard InChI is InChI=1S/C16H20ClF2NO2.C11H12ClF2N/c1-15(2,3)22-14(21)20-10-16(18,19)9-13(20)8-11-4-6-12(17)7-5-11;12-9-3-1-8(2-4-9)5-10-6-11(13,14)7-15-10/h4-7,13H,8-10H2,1-3H3;1-4,10,15H,5-7H2/t13-;10-/m00/s1. The monoisotopic (exact) mass is 562 g/mol. The number of amides is 1. The molecule has 0 aromatic heterocycles. The van der Waals surface area contributed by atoms with Gasteiger partial charge in [-0.05, 0) is 69.0 Å². The molecule has 2 aliphatic heterocycles. The van der Waals surface area contributed by atoms with Crippen molar-refractivity contribution in [3.63, 3.8) is 0 Å². The van der Waals surface area contributed by atoms with Crippen molar-refractivity contribution in [3.8, 4) is 0 Å². The molecule has 37 heavy (non-hydrogen) atoms. The number of alkyl halides is 4. The molecule has 0 radical (unpaired) electrons. The van der Waals surface area contributed by atoms with Crippen LogP contribution >= 0.6 is 23.2 Å². The first-order chi connectivity index (χ1) is 17.1. The molecule has 0 bridgehead atoms. The van der Waals surface area contributed by atoms with Crippen LogP contribution in [0.4, 0.5) is 22.4 Å². The SMILES string of the molecule is CC(C)(C)OC(=O)N1CC(F)(F)C[C@@H]1Cc1ccc(Cl)cc1.FC1(F)CN[C@@H](Cc2ccc(Cl)cc2)C1. The fraction of sp³-hybridized carbons (Fsp3) is 0.519. The Balaban J connectivity index is 0.000000220. The van der Waals surface area contributed by atoms with Gasteiger partial charge in [-0.15, -0.1) is 0 Å². The van der Waals surface area contributed by atoms with E-state index in [4.69, 9.17) is 27.9 Å². The van der Waals surface area contributed by atoms with Gasteiger partial charge in [-0.3, -0.25) is 4.90 Å². The molecule has 204 valence electrons. The van der Waals surface area contributed by atoms with Crippen LogP contribution in [-0.4, -0.2) is 53.6 Å². The third-order valence-electron chi connectivity index (χ3n) is 5.98. The Hall–Kier alpha value is -2.03. The van der Waals surface area contributed by atoms with Crippen LogP contribution in [-0.2, 0) is 17.6 Å². The molecular weight excluding hydrogens is 531 g/mol. The zero-order chi connectivity index (χ0) is 27.4. The van der Waals surface area contributed by atoms with Crippen molar-refractivity contribution >= 4 is 29.3 Å². The number of rotatable bonds is 4. The van der Waals surface area contributed by atoms with Gasteiger partial charge in [-0.2, -0.15) is 0 Å². The predicted octanol–water partition coefficient (Wildman–Crippen LogP) is 7.41. The van der Waals surface area contributed by atoms with Gasteiger partial charge in [0.05, 0.1) is 13.1 Å². The summed E-state index contributed by atoms with van der Waals surface area (Å²) in [5.41, 5.74) is 1.19. The highest BCUT2D eigenvalue weighted by atomic mass is 35.5. The summed E-state index contributed by atoms with van der Waals surface area (Å²) in [7, 11) is 0. The second kappa shape index (κ2) is 11.8. The third kappa shape index (κ3) is 9.65. The lowest BCUT2D eigenvalue weighted by Crippen LogP contribution is -2.41. The quantitative estimate of drug-likeness (QED) is 0.394. The number of carbonyl (C=O) groups excluding carboxylic acids is 1. The molecule has 2 aromatic carbocycles. The molecule has 2 heterocycles. The lowest BCUT2D eigenvalue weighted by molar-refractivity contribution is -0.00241. The number of halogens is 6. The van der Waals surface area contributed by atoms with E-state index in [1.807, 2.05) is 12.1 Å². The van der Waals surface area contributed by atoms with Crippen molar-refractivity contribution in [2.75, 3.05) is 13.1 Å². The van der Waals surface area contributed by atoms with E-state index < -0.39 is 36.1 Å². The molecule has 2 fully saturated rings. The van der Waals surface area contributed by atoms with Crippen molar-refractivity contribution in [1.29, 1.82) is 0 Å². The van der Waals surface area contributed by atoms with Crippen molar-refractivity contribution in [2.24, 2.45) is 0 Å². The molecule has 2 saturated heterocycles. The number of nitrogens with zero attached hydrogens (tertiary/aromatic N) is 1. The number of likely N-dealkylation sites (tertiary alicyclic amines) is 1. The molecule has 4 nitrogen and oxygen atoms in total. The molecule has 2 aliphatic rings. The Morgan fingerprint density at radius 2 is 1.43 bits per heavy atom. The van der Waals surface area contributed by atoms with E-state index in [0.29, 0.717) is 22.9 Å². The van der Waals surface area contributed by atoms with Crippen molar-refractivity contribution in [1.82, 2.24) is 10.2 Å². The van der Waals surface area contributed by atoms with Crippen LogP contribution in [0.15, 0.2) is 48.5 Å². The Kier molecular flexibility index (Phi) is 9.41. The largest absolute Gasteiger partial charge is 0.444 e. The highest BCUT2D eigenvalue weighted by Crippen LogP contribution is 2.35. The first-order valence-electron chi connectivity index (χ1n) is 12.1. The number of benzene rings is 2. The van der Waals surface area contributed by atoms with E-state index in [0.717, 1.165) is 16.0 Å². The highest BCUT2D eigenvalue weighted by molar-refractivity contribution is 6.30. The first kappa shape index (κ1) is 29.5. The summed E-state index contributed by atoms with van der Waals surface area (Å²) in [5.74, 6) is -5.43. The molecule has 0 aliphatic carbocycles. The predicted molar refractivity (Wildman–Crippen MR) is 138 cm³/mol. The smallest absolute Gasteiger partial charge is 0.410 e. The summed E-state index contributed by atoms with van der Waals surface area (Å²) in [5, 5.41) is 4.08. The van der Waals surface area contributed by atoms with Crippen LogP contribution in [0.1, 0.15) is 44.7 Å². The summed E-state index contributed by atoms with van der Waals surface area (Å²) in [6, 6.07) is 13.6. The first-order valence-corrected chi connectivity index (χ1v) is 12.8. The van der Waals surface area contributed by atoms with Gasteiger partial charge in [0.25, 0.3) is 11.8 Å². The van der Waals surface area contributed by atoms with E-state index in [1.165, 1.54) is 0 Å². The minimum Gasteiger partial charge on any atom is -0.444 e. The van der Waals surface area contributed by atoms with Gasteiger partial charge in [0.1, 0.15) is 5.60 Å². The van der Waals surface area contributed by atoms with Crippen LogP contribution in [0.2, 0.25) is 10.0 Å². The van der Waals surface area contributed by atoms with Gasteiger partial charge in [0, 0.05) is 35.0 Å². The summed E-state index contributed by atoms with van der Waals surface area (Å²) < 4.78 is 58.5. The molecule has 0 saturated carbocycles. The molecule has 10 heteroatoms. The number of ether oxygens (including phenoxy) is 1. The number of nitrogens with one attached hydrogen (secondary N) is 1. The van der Waals surface area contributed by atoms with Gasteiger partial charge in [-0.1, -0.05) is 47.5 Å². The maximum atomic E-state index is 13.7. The van der Waals surface area contributed by atoms with Crippen LogP contribution in [0.3, 0.4) is 0 Å². The second-order valence-electron chi connectivity index (χ2n) is 10.6. The van der Waals surface area contributed by atoms with Gasteiger partial charge in [-0.25, -0.2) is 22.4 Å². The molecule has 2 atom stereocenters. The summed E-state index contributed by atoms with van der Waals surface area (Å²) in [4.78, 5) is 13.3. The molecule has 2 aromatic rings. The summed E-state index contributed by atoms with van der Waals surface area (Å²) in [6.45, 7) is 4.35. The zero-order valence-corrected chi connectivity index (χ0v) is 22.6. The van der Waals surface area contributed by atoms with E-state index in [9.17, 15) is 22.4 Å². The topological polar surface area (TPSA) is 41.6 Å². The van der Waals surface area contributed by atoms with E-state index >= 15 is 0 Å². The summed E-state index contributed by atoms with van der Waals surface area (Å²) >= 11 is 11.6. The Morgan fingerprint density at radius 1 is 0.919 bits per heavy atom. The average molecular weight is 563 g/mol. The van der Waals surface area contributed by atoms with Crippen molar-refractivity contribution in [2.45, 2.75) is 76.0 Å². The molecule has 0 spiro atoms. The minimum atomic E-state index is -2.88. The fourth-order valence-electron chi connectivity index (χ4n) is 4.35. The van der Waals surface area contributed by atoms with Crippen LogP contribution in [0, 0.1) is 0 Å². The van der Waals surface area contributed by atoms with E-state index in [2.05, 4.69) is 5.32 Å². The molecular formula is C27H32Cl2F4N2O2. The number of hydrogen-bond donors (Lipinski definition) is 1. The van der Waals surface area contributed by atoms with E-state index in [1.54, 1.807) is 57.2 Å². The molecule has 1 N–H and O–H groups in total. The number of hydrogen-bond acceptors (Lipinski definition) is 3. The van der Waals surface area contributed by atoms with Crippen LogP contribution in [0.25, 0.3) is 0 Å². The van der Waals surface area contributed by atoms with Gasteiger partial charge in [0.15, 0.2) is 0 Å². The number of carbonyl (C=O) groups is 1. The van der Waals surface area contributed by atoms with Crippen LogP contribution in [0.5, 0.6) is 0 Å². The lowest BCUT2D eigenvalue weighted by atomic mass is 10.0. The fourth-order valence-corrected chi connectivity index (χ4v) is 4.61. The molecule has 0 unspecified atom stereocenters. The molecule has 4 rings (SSSR count). The average Bonchev–Trinajstić information content (AvgIpc) is 3.28. The minimum absolute atomic E-state index is 0.0738. The highest BCUT2D eigenvalue weighted by Gasteiger charge is 2.48. The van der Waals surface area contributed by atoms with Gasteiger partial charge >= 0.3 is 6.09 Å². The lowest BCUT2D eigenvalue weighted by Gasteiger charge is -2.28. The maximum absolute atomic E-state index is 13.7. The normalized spacial score (nSPS) is 22.4. The Labute approximate surface area is 225 Å². The Bertz CT molecular complexity index is 1040. The van der Waals surface area contributed by atoms with Gasteiger partial charge < -0.3 is 10.1 Å². The van der Waals surface area contributed by atoms with Crippen LogP contribution < -0.4 is 5.32 Å². The van der Waals surface area contributed by atoms with Crippen molar-refractivity contribution in [3.05, 3.63) is 69.7 Å². The van der Waals surface area contributed by atoms with E-state index in [-0.39, 0.29) is 25.4 Å². The van der Waals surface area contributed by atoms with Gasteiger partial charge in [0.2, 0.25) is 0 Å². The Morgan fingerprint density at radius 3 is 1.89 bits per heavy atom. The summed E-state index contributed by atoms with van der Waals surface area (Å²) in [6.07, 6.45) is -0.132. The zero-order valence-electron chi connectivity index (χ0n) is 21.0. The van der Waals surface area contributed by atoms with Crippen molar-refractivity contribution < 1.29 is 27.1 Å². The maximum Gasteiger partial charge on any atom is 0.410 e. The second-order valence-corrected chi connectivity index (χ2v) is 11.5. The third-order valence-corrected chi connectivity index (χ3v) is 6.48. The molecule has 1 amide bonds.